The van der Waals surface area contributed by atoms with Crippen LogP contribution >= 0.6 is 0 Å². The summed E-state index contributed by atoms with van der Waals surface area (Å²) in [6.45, 7) is 3.51. The molecule has 0 aromatic heterocycles. The number of Topliss-reactive ketones (excluding diaryl/α,β-unsaturated/α-hetero) is 1. The molecular weight excluding hydrogens is 238 g/mol. The van der Waals surface area contributed by atoms with Crippen molar-refractivity contribution in [2.24, 2.45) is 0 Å². The number of anilines is 1. The van der Waals surface area contributed by atoms with Gasteiger partial charge in [0.2, 0.25) is 0 Å². The van der Waals surface area contributed by atoms with E-state index in [4.69, 9.17) is 0 Å². The fraction of sp³-hybridized carbons (Fsp3) is 0.562. The van der Waals surface area contributed by atoms with E-state index in [1.807, 2.05) is 24.3 Å². The number of rotatable bonds is 6. The number of carbonyl (C=O) groups excluding carboxylic acids is 1. The second kappa shape index (κ2) is 6.71. The molecule has 0 bridgehead atoms. The van der Waals surface area contributed by atoms with Crippen LogP contribution in [-0.2, 0) is 4.79 Å². The second-order valence-electron chi connectivity index (χ2n) is 5.31. The summed E-state index contributed by atoms with van der Waals surface area (Å²) < 4.78 is 0. The monoisotopic (exact) mass is 261 g/mol. The molecule has 3 heteroatoms. The fourth-order valence-corrected chi connectivity index (χ4v) is 2.51. The molecule has 1 aliphatic rings. The van der Waals surface area contributed by atoms with Crippen LogP contribution in [0.4, 0.5) is 5.69 Å². The molecule has 2 rings (SSSR count). The number of benzene rings is 1. The van der Waals surface area contributed by atoms with Crippen molar-refractivity contribution in [3.05, 3.63) is 29.8 Å². The van der Waals surface area contributed by atoms with Crippen molar-refractivity contribution in [3.63, 3.8) is 0 Å². The van der Waals surface area contributed by atoms with Crippen LogP contribution in [0.3, 0.4) is 0 Å². The minimum atomic E-state index is -0.360. The number of aliphatic hydroxyl groups is 1. The van der Waals surface area contributed by atoms with E-state index < -0.39 is 0 Å². The van der Waals surface area contributed by atoms with Crippen LogP contribution in [0.1, 0.15) is 50.7 Å². The first-order valence-corrected chi connectivity index (χ1v) is 7.25. The molecular formula is C16H23NO2. The zero-order valence-electron chi connectivity index (χ0n) is 11.6. The number of hydrogen-bond donors (Lipinski definition) is 1. The maximum Gasteiger partial charge on any atom is 0.153 e. The van der Waals surface area contributed by atoms with Gasteiger partial charge in [-0.1, -0.05) is 38.3 Å². The van der Waals surface area contributed by atoms with E-state index in [1.54, 1.807) is 0 Å². The molecule has 1 aromatic rings. The minimum Gasteiger partial charge on any atom is -0.388 e. The van der Waals surface area contributed by atoms with E-state index in [0.717, 1.165) is 30.6 Å². The Labute approximate surface area is 115 Å². The summed E-state index contributed by atoms with van der Waals surface area (Å²) in [5.74, 6) is 0.309. The molecule has 1 fully saturated rings. The van der Waals surface area contributed by atoms with Crippen LogP contribution in [0, 0.1) is 0 Å². The van der Waals surface area contributed by atoms with Gasteiger partial charge in [-0.2, -0.15) is 0 Å². The van der Waals surface area contributed by atoms with Crippen LogP contribution in [-0.4, -0.2) is 24.0 Å². The molecule has 0 aliphatic carbocycles. The van der Waals surface area contributed by atoms with E-state index in [9.17, 15) is 9.90 Å². The summed E-state index contributed by atoms with van der Waals surface area (Å²) in [6, 6.07) is 7.98. The average Bonchev–Trinajstić information content (AvgIpc) is 2.86. The number of aliphatic hydroxyl groups excluding tert-OH is 1. The van der Waals surface area contributed by atoms with Gasteiger partial charge >= 0.3 is 0 Å². The first-order chi connectivity index (χ1) is 9.20. The summed E-state index contributed by atoms with van der Waals surface area (Å²) in [6.07, 6.45) is 4.54. The number of carbonyl (C=O) groups is 1. The lowest BCUT2D eigenvalue weighted by molar-refractivity contribution is -0.116. The molecule has 1 saturated heterocycles. The molecule has 1 aromatic carbocycles. The average molecular weight is 261 g/mol. The van der Waals surface area contributed by atoms with Crippen LogP contribution in [0.2, 0.25) is 0 Å². The quantitative estimate of drug-likeness (QED) is 0.800. The SMILES string of the molecule is CCCCCC(O)c1ccc(N2CCC(=O)C2)cc1. The third kappa shape index (κ3) is 3.80. The third-order valence-corrected chi connectivity index (χ3v) is 3.75. The van der Waals surface area contributed by atoms with Gasteiger partial charge in [-0.3, -0.25) is 4.79 Å². The zero-order valence-corrected chi connectivity index (χ0v) is 11.6. The van der Waals surface area contributed by atoms with Gasteiger partial charge in [-0.05, 0) is 24.1 Å². The lowest BCUT2D eigenvalue weighted by Crippen LogP contribution is -2.19. The van der Waals surface area contributed by atoms with E-state index in [-0.39, 0.29) is 6.10 Å². The Morgan fingerprint density at radius 1 is 1.26 bits per heavy atom. The molecule has 1 aliphatic heterocycles. The van der Waals surface area contributed by atoms with Gasteiger partial charge in [0.25, 0.3) is 0 Å². The van der Waals surface area contributed by atoms with Gasteiger partial charge in [0.15, 0.2) is 5.78 Å². The Morgan fingerprint density at radius 2 is 2.00 bits per heavy atom. The minimum absolute atomic E-state index is 0.309. The summed E-state index contributed by atoms with van der Waals surface area (Å²) in [5.41, 5.74) is 2.06. The Morgan fingerprint density at radius 3 is 2.58 bits per heavy atom. The first-order valence-electron chi connectivity index (χ1n) is 7.25. The Hall–Kier alpha value is -1.35. The molecule has 1 atom stereocenters. The Balaban J connectivity index is 1.92. The molecule has 0 amide bonds. The molecule has 3 nitrogen and oxygen atoms in total. The summed E-state index contributed by atoms with van der Waals surface area (Å²) >= 11 is 0. The van der Waals surface area contributed by atoms with E-state index in [2.05, 4.69) is 11.8 Å². The molecule has 1 N–H and O–H groups in total. The van der Waals surface area contributed by atoms with Gasteiger partial charge in [0.05, 0.1) is 12.6 Å². The van der Waals surface area contributed by atoms with Crippen molar-refractivity contribution < 1.29 is 9.90 Å². The van der Waals surface area contributed by atoms with Gasteiger partial charge in [-0.15, -0.1) is 0 Å². The third-order valence-electron chi connectivity index (χ3n) is 3.75. The van der Waals surface area contributed by atoms with E-state index >= 15 is 0 Å². The lowest BCUT2D eigenvalue weighted by atomic mass is 10.0. The van der Waals surface area contributed by atoms with E-state index in [1.165, 1.54) is 12.8 Å². The molecule has 19 heavy (non-hydrogen) atoms. The number of nitrogens with zero attached hydrogens (tertiary/aromatic N) is 1. The summed E-state index contributed by atoms with van der Waals surface area (Å²) in [5, 5.41) is 10.1. The standard InChI is InChI=1S/C16H23NO2/c1-2-3-4-5-16(19)13-6-8-14(9-7-13)17-11-10-15(18)12-17/h6-9,16,19H,2-5,10-12H2,1H3. The number of hydrogen-bond acceptors (Lipinski definition) is 3. The maximum absolute atomic E-state index is 11.3. The molecule has 104 valence electrons. The van der Waals surface area contributed by atoms with Crippen molar-refractivity contribution in [3.8, 4) is 0 Å². The van der Waals surface area contributed by atoms with Crippen molar-refractivity contribution in [2.45, 2.75) is 45.1 Å². The lowest BCUT2D eigenvalue weighted by Gasteiger charge is -2.18. The van der Waals surface area contributed by atoms with E-state index in [0.29, 0.717) is 18.7 Å². The second-order valence-corrected chi connectivity index (χ2v) is 5.31. The van der Waals surface area contributed by atoms with Gasteiger partial charge in [0, 0.05) is 18.7 Å². The van der Waals surface area contributed by atoms with Crippen LogP contribution in [0.25, 0.3) is 0 Å². The summed E-state index contributed by atoms with van der Waals surface area (Å²) in [4.78, 5) is 13.4. The van der Waals surface area contributed by atoms with Crippen LogP contribution in [0.5, 0.6) is 0 Å². The molecule has 0 spiro atoms. The molecule has 0 saturated carbocycles. The largest absolute Gasteiger partial charge is 0.388 e. The predicted octanol–water partition coefficient (Wildman–Crippen LogP) is 3.08. The van der Waals surface area contributed by atoms with Crippen molar-refractivity contribution in [2.75, 3.05) is 18.0 Å². The highest BCUT2D eigenvalue weighted by molar-refractivity contribution is 5.87. The van der Waals surface area contributed by atoms with Gasteiger partial charge in [-0.25, -0.2) is 0 Å². The number of ketones is 1. The molecule has 1 heterocycles. The van der Waals surface area contributed by atoms with Gasteiger partial charge < -0.3 is 10.0 Å². The topological polar surface area (TPSA) is 40.5 Å². The molecule has 1 unspecified atom stereocenters. The predicted molar refractivity (Wildman–Crippen MR) is 77.4 cm³/mol. The first kappa shape index (κ1) is 14.1. The van der Waals surface area contributed by atoms with Crippen molar-refractivity contribution in [1.82, 2.24) is 0 Å². The zero-order chi connectivity index (χ0) is 13.7. The Bertz CT molecular complexity index is 413. The van der Waals surface area contributed by atoms with Crippen molar-refractivity contribution >= 4 is 11.5 Å². The molecule has 0 radical (unpaired) electrons. The Kier molecular flexibility index (Phi) is 4.97. The fourth-order valence-electron chi connectivity index (χ4n) is 2.51. The van der Waals surface area contributed by atoms with Crippen LogP contribution < -0.4 is 4.90 Å². The normalized spacial score (nSPS) is 16.9. The maximum atomic E-state index is 11.3. The summed E-state index contributed by atoms with van der Waals surface area (Å²) in [7, 11) is 0. The van der Waals surface area contributed by atoms with Crippen molar-refractivity contribution in [1.29, 1.82) is 0 Å². The highest BCUT2D eigenvalue weighted by Crippen LogP contribution is 2.24. The highest BCUT2D eigenvalue weighted by Gasteiger charge is 2.19. The highest BCUT2D eigenvalue weighted by atomic mass is 16.3. The smallest absolute Gasteiger partial charge is 0.153 e. The van der Waals surface area contributed by atoms with Gasteiger partial charge in [0.1, 0.15) is 0 Å². The van der Waals surface area contributed by atoms with Crippen LogP contribution in [0.15, 0.2) is 24.3 Å². The number of unbranched alkanes of at least 4 members (excludes halogenated alkanes) is 2.